The minimum Gasteiger partial charge on any atom is -0.427 e. The second kappa shape index (κ2) is 3.59. The van der Waals surface area contributed by atoms with Gasteiger partial charge in [-0.2, -0.15) is 0 Å². The average Bonchev–Trinajstić information content (AvgIpc) is 1.94. The van der Waals surface area contributed by atoms with Gasteiger partial charge in [-0.05, 0) is 24.1 Å². The van der Waals surface area contributed by atoms with E-state index in [4.69, 9.17) is 10.0 Å². The molecule has 2 N–H and O–H groups in total. The zero-order valence-electron chi connectivity index (χ0n) is 7.33. The van der Waals surface area contributed by atoms with E-state index < -0.39 is 7.12 Å². The molecule has 11 heavy (non-hydrogen) atoms. The smallest absolute Gasteiger partial charge is 0.427 e. The van der Waals surface area contributed by atoms with Gasteiger partial charge in [0.15, 0.2) is 0 Å². The van der Waals surface area contributed by atoms with E-state index in [1.54, 1.807) is 0 Å². The fraction of sp³-hybridized carbons (Fsp3) is 1.00. The quantitative estimate of drug-likeness (QED) is 0.561. The van der Waals surface area contributed by atoms with Crippen LogP contribution in [0, 0.1) is 11.8 Å². The first-order valence-corrected chi connectivity index (χ1v) is 4.47. The van der Waals surface area contributed by atoms with Crippen LogP contribution in [-0.4, -0.2) is 17.2 Å². The first-order chi connectivity index (χ1) is 5.11. The summed E-state index contributed by atoms with van der Waals surface area (Å²) in [5.41, 5.74) is 0. The highest BCUT2D eigenvalue weighted by atomic mass is 16.4. The van der Waals surface area contributed by atoms with E-state index in [0.29, 0.717) is 11.8 Å². The van der Waals surface area contributed by atoms with Crippen LogP contribution in [0.4, 0.5) is 0 Å². The van der Waals surface area contributed by atoms with E-state index in [9.17, 15) is 0 Å². The fourth-order valence-electron chi connectivity index (χ4n) is 1.99. The Morgan fingerprint density at radius 1 is 1.18 bits per heavy atom. The maximum absolute atomic E-state index is 9.02. The van der Waals surface area contributed by atoms with Gasteiger partial charge in [-0.3, -0.25) is 0 Å². The summed E-state index contributed by atoms with van der Waals surface area (Å²) in [5.74, 6) is 1.25. The van der Waals surface area contributed by atoms with Gasteiger partial charge >= 0.3 is 7.12 Å². The second-order valence-electron chi connectivity index (χ2n) is 3.97. The zero-order valence-corrected chi connectivity index (χ0v) is 7.33. The summed E-state index contributed by atoms with van der Waals surface area (Å²) in [7, 11) is -1.10. The average molecular weight is 156 g/mol. The summed E-state index contributed by atoms with van der Waals surface area (Å²) in [6.45, 7) is 4.29. The molecule has 0 aliphatic heterocycles. The molecule has 0 aromatic carbocycles. The highest BCUT2D eigenvalue weighted by Crippen LogP contribution is 2.38. The van der Waals surface area contributed by atoms with Crippen LogP contribution in [0.15, 0.2) is 0 Å². The Morgan fingerprint density at radius 3 is 2.27 bits per heavy atom. The molecule has 3 atom stereocenters. The molecule has 1 rings (SSSR count). The summed E-state index contributed by atoms with van der Waals surface area (Å²) in [6.07, 6.45) is 3.35. The number of hydrogen-bond acceptors (Lipinski definition) is 2. The van der Waals surface area contributed by atoms with Crippen molar-refractivity contribution in [2.45, 2.75) is 38.9 Å². The third-order valence-corrected chi connectivity index (χ3v) is 2.90. The van der Waals surface area contributed by atoms with Crippen LogP contribution in [0.1, 0.15) is 33.1 Å². The van der Waals surface area contributed by atoms with Gasteiger partial charge in [0, 0.05) is 0 Å². The van der Waals surface area contributed by atoms with Crippen molar-refractivity contribution in [3.63, 3.8) is 0 Å². The maximum Gasteiger partial charge on any atom is 0.455 e. The Bertz CT molecular complexity index is 127. The van der Waals surface area contributed by atoms with Gasteiger partial charge in [-0.15, -0.1) is 0 Å². The van der Waals surface area contributed by atoms with Crippen LogP contribution >= 0.6 is 0 Å². The molecule has 3 heteroatoms. The minimum absolute atomic E-state index is 0.110. The summed E-state index contributed by atoms with van der Waals surface area (Å²) in [5, 5.41) is 18.0. The van der Waals surface area contributed by atoms with Crippen molar-refractivity contribution in [2.24, 2.45) is 11.8 Å². The lowest BCUT2D eigenvalue weighted by atomic mass is 9.58. The monoisotopic (exact) mass is 156 g/mol. The molecule has 0 bridgehead atoms. The van der Waals surface area contributed by atoms with Gasteiger partial charge in [-0.1, -0.05) is 26.7 Å². The zero-order chi connectivity index (χ0) is 8.43. The molecule has 0 saturated heterocycles. The Kier molecular flexibility index (Phi) is 2.96. The SMILES string of the molecule is CC1CCC(C)C(B(O)O)C1. The van der Waals surface area contributed by atoms with Crippen LogP contribution in [-0.2, 0) is 0 Å². The van der Waals surface area contributed by atoms with Crippen LogP contribution in [0.2, 0.25) is 5.82 Å². The van der Waals surface area contributed by atoms with Gasteiger partial charge in [0.25, 0.3) is 0 Å². The first kappa shape index (κ1) is 9.08. The Morgan fingerprint density at radius 2 is 1.82 bits per heavy atom. The fourth-order valence-corrected chi connectivity index (χ4v) is 1.99. The molecule has 2 nitrogen and oxygen atoms in total. The molecule has 1 aliphatic rings. The van der Waals surface area contributed by atoms with E-state index >= 15 is 0 Å². The molecule has 0 radical (unpaired) electrons. The standard InChI is InChI=1S/C8H17BO2/c1-6-3-4-7(2)8(5-6)9(10)11/h6-8,10-11H,3-5H2,1-2H3. The van der Waals surface area contributed by atoms with Gasteiger partial charge in [0.05, 0.1) is 0 Å². The topological polar surface area (TPSA) is 40.5 Å². The van der Waals surface area contributed by atoms with Crippen molar-refractivity contribution in [2.75, 3.05) is 0 Å². The van der Waals surface area contributed by atoms with Crippen molar-refractivity contribution in [1.29, 1.82) is 0 Å². The molecular formula is C8H17BO2. The molecular weight excluding hydrogens is 139 g/mol. The molecule has 0 heterocycles. The normalized spacial score (nSPS) is 38.7. The summed E-state index contributed by atoms with van der Waals surface area (Å²) < 4.78 is 0. The lowest BCUT2D eigenvalue weighted by Gasteiger charge is -2.31. The molecule has 3 unspecified atom stereocenters. The summed E-state index contributed by atoms with van der Waals surface area (Å²) in [4.78, 5) is 0. The summed E-state index contributed by atoms with van der Waals surface area (Å²) in [6, 6.07) is 0. The molecule has 1 saturated carbocycles. The molecule has 1 aliphatic carbocycles. The predicted octanol–water partition coefficient (Wildman–Crippen LogP) is 1.29. The van der Waals surface area contributed by atoms with Gasteiger partial charge < -0.3 is 10.0 Å². The Balaban J connectivity index is 2.47. The molecule has 64 valence electrons. The largest absolute Gasteiger partial charge is 0.455 e. The highest BCUT2D eigenvalue weighted by molar-refractivity contribution is 6.43. The van der Waals surface area contributed by atoms with Crippen molar-refractivity contribution < 1.29 is 10.0 Å². The van der Waals surface area contributed by atoms with E-state index in [2.05, 4.69) is 13.8 Å². The van der Waals surface area contributed by atoms with E-state index in [0.717, 1.165) is 12.8 Å². The third kappa shape index (κ3) is 2.21. The van der Waals surface area contributed by atoms with Crippen molar-refractivity contribution >= 4 is 7.12 Å². The predicted molar refractivity (Wildman–Crippen MR) is 46.1 cm³/mol. The number of hydrogen-bond donors (Lipinski definition) is 2. The minimum atomic E-state index is -1.10. The lowest BCUT2D eigenvalue weighted by Crippen LogP contribution is -2.30. The summed E-state index contributed by atoms with van der Waals surface area (Å²) >= 11 is 0. The third-order valence-electron chi connectivity index (χ3n) is 2.90. The lowest BCUT2D eigenvalue weighted by molar-refractivity contribution is 0.258. The van der Waals surface area contributed by atoms with Crippen molar-refractivity contribution in [3.05, 3.63) is 0 Å². The van der Waals surface area contributed by atoms with Crippen LogP contribution in [0.3, 0.4) is 0 Å². The molecule has 0 amide bonds. The van der Waals surface area contributed by atoms with E-state index in [1.807, 2.05) is 0 Å². The molecule has 0 spiro atoms. The second-order valence-corrected chi connectivity index (χ2v) is 3.97. The van der Waals surface area contributed by atoms with E-state index in [1.165, 1.54) is 6.42 Å². The van der Waals surface area contributed by atoms with Gasteiger partial charge in [-0.25, -0.2) is 0 Å². The van der Waals surface area contributed by atoms with E-state index in [-0.39, 0.29) is 5.82 Å². The molecule has 1 fully saturated rings. The first-order valence-electron chi connectivity index (χ1n) is 4.47. The molecule has 0 aromatic rings. The molecule has 0 aromatic heterocycles. The van der Waals surface area contributed by atoms with Crippen LogP contribution in [0.5, 0.6) is 0 Å². The Labute approximate surface area is 68.8 Å². The van der Waals surface area contributed by atoms with Crippen molar-refractivity contribution in [1.82, 2.24) is 0 Å². The number of rotatable bonds is 1. The highest BCUT2D eigenvalue weighted by Gasteiger charge is 2.33. The van der Waals surface area contributed by atoms with Crippen LogP contribution < -0.4 is 0 Å². The van der Waals surface area contributed by atoms with Gasteiger partial charge in [0.2, 0.25) is 0 Å². The van der Waals surface area contributed by atoms with Crippen molar-refractivity contribution in [3.8, 4) is 0 Å². The van der Waals surface area contributed by atoms with Crippen LogP contribution in [0.25, 0.3) is 0 Å². The van der Waals surface area contributed by atoms with Gasteiger partial charge in [0.1, 0.15) is 0 Å². The maximum atomic E-state index is 9.02. The Hall–Kier alpha value is -0.0151.